The van der Waals surface area contributed by atoms with Crippen molar-refractivity contribution < 1.29 is 18.0 Å². The van der Waals surface area contributed by atoms with Crippen molar-refractivity contribution in [1.29, 1.82) is 0 Å². The van der Waals surface area contributed by atoms with E-state index < -0.39 is 28.5 Å². The first-order valence-corrected chi connectivity index (χ1v) is 17.1. The topological polar surface area (TPSA) is 86.8 Å². The Balaban J connectivity index is 1.56. The molecule has 9 heteroatoms. The number of anilines is 1. The van der Waals surface area contributed by atoms with Crippen LogP contribution in [0.15, 0.2) is 114 Å². The zero-order valence-electron chi connectivity index (χ0n) is 25.3. The van der Waals surface area contributed by atoms with Gasteiger partial charge in [0.25, 0.3) is 10.0 Å². The van der Waals surface area contributed by atoms with Crippen molar-refractivity contribution in [3.8, 4) is 0 Å². The van der Waals surface area contributed by atoms with Crippen LogP contribution < -0.4 is 9.62 Å². The number of nitrogens with one attached hydrogen (secondary N) is 1. The molecule has 4 aromatic rings. The van der Waals surface area contributed by atoms with Crippen LogP contribution in [0, 0.1) is 6.92 Å². The van der Waals surface area contributed by atoms with Gasteiger partial charge in [0.1, 0.15) is 12.6 Å². The molecule has 1 fully saturated rings. The number of hydrogen-bond donors (Lipinski definition) is 1. The van der Waals surface area contributed by atoms with Gasteiger partial charge in [-0.05, 0) is 72.9 Å². The third kappa shape index (κ3) is 8.32. The van der Waals surface area contributed by atoms with Crippen LogP contribution in [0.5, 0.6) is 0 Å². The zero-order valence-corrected chi connectivity index (χ0v) is 26.9. The molecule has 1 aliphatic rings. The highest BCUT2D eigenvalue weighted by molar-refractivity contribution is 7.92. The lowest BCUT2D eigenvalue weighted by molar-refractivity contribution is -0.140. The van der Waals surface area contributed by atoms with Crippen LogP contribution in [0.25, 0.3) is 0 Å². The van der Waals surface area contributed by atoms with Gasteiger partial charge in [0.15, 0.2) is 0 Å². The van der Waals surface area contributed by atoms with Gasteiger partial charge in [-0.25, -0.2) is 8.42 Å². The highest BCUT2D eigenvalue weighted by Crippen LogP contribution is 2.26. The van der Waals surface area contributed by atoms with E-state index in [1.807, 2.05) is 49.4 Å². The summed E-state index contributed by atoms with van der Waals surface area (Å²) >= 11 is 6.33. The molecule has 4 aromatic carbocycles. The molecule has 0 saturated heterocycles. The van der Waals surface area contributed by atoms with E-state index in [4.69, 9.17) is 11.6 Å². The van der Waals surface area contributed by atoms with E-state index in [0.717, 1.165) is 46.7 Å². The first-order valence-electron chi connectivity index (χ1n) is 15.2. The Kier molecular flexibility index (Phi) is 10.6. The molecule has 1 saturated carbocycles. The standard InChI is InChI=1S/C36H38ClN3O4S/c1-27-12-10-19-32(22-27)40(45(43,44)33-20-6-3-7-21-33)26-35(41)39(25-29-15-11-16-30(37)23-29)34(24-28-13-4-2-5-14-28)36(42)38-31-17-8-9-18-31/h2-7,10-16,19-23,31,34H,8-9,17-18,24-26H2,1H3,(H,38,42). The summed E-state index contributed by atoms with van der Waals surface area (Å²) < 4.78 is 29.3. The smallest absolute Gasteiger partial charge is 0.264 e. The molecule has 234 valence electrons. The van der Waals surface area contributed by atoms with Crippen molar-refractivity contribution in [1.82, 2.24) is 10.2 Å². The number of aryl methyl sites for hydroxylation is 1. The fraction of sp³-hybridized carbons (Fsp3) is 0.278. The third-order valence-electron chi connectivity index (χ3n) is 8.11. The van der Waals surface area contributed by atoms with Gasteiger partial charge >= 0.3 is 0 Å². The Bertz CT molecular complexity index is 1710. The maximum Gasteiger partial charge on any atom is 0.264 e. The fourth-order valence-corrected chi connectivity index (χ4v) is 7.42. The Morgan fingerprint density at radius 3 is 2.16 bits per heavy atom. The summed E-state index contributed by atoms with van der Waals surface area (Å²) in [6, 6.07) is 31.0. The molecule has 1 N–H and O–H groups in total. The second kappa shape index (κ2) is 14.8. The maximum absolute atomic E-state index is 14.6. The van der Waals surface area contributed by atoms with E-state index in [1.54, 1.807) is 54.6 Å². The van der Waals surface area contributed by atoms with E-state index in [2.05, 4.69) is 5.32 Å². The summed E-state index contributed by atoms with van der Waals surface area (Å²) in [6.45, 7) is 1.44. The third-order valence-corrected chi connectivity index (χ3v) is 10.1. The van der Waals surface area contributed by atoms with Gasteiger partial charge in [0.05, 0.1) is 10.6 Å². The van der Waals surface area contributed by atoms with Crippen LogP contribution in [0.2, 0.25) is 5.02 Å². The second-order valence-corrected chi connectivity index (χ2v) is 13.8. The van der Waals surface area contributed by atoms with Crippen LogP contribution in [-0.4, -0.2) is 43.8 Å². The van der Waals surface area contributed by atoms with E-state index >= 15 is 0 Å². The lowest BCUT2D eigenvalue weighted by Crippen LogP contribution is -2.54. The lowest BCUT2D eigenvalue weighted by atomic mass is 10.0. The summed E-state index contributed by atoms with van der Waals surface area (Å²) in [5.41, 5.74) is 2.84. The normalized spacial score (nSPS) is 14.1. The van der Waals surface area contributed by atoms with Crippen LogP contribution in [0.4, 0.5) is 5.69 Å². The molecule has 2 amide bonds. The molecule has 45 heavy (non-hydrogen) atoms. The van der Waals surface area contributed by atoms with Crippen LogP contribution in [0.1, 0.15) is 42.4 Å². The highest BCUT2D eigenvalue weighted by Gasteiger charge is 2.35. The number of sulfonamides is 1. The molecule has 0 aromatic heterocycles. The minimum atomic E-state index is -4.14. The average molecular weight is 644 g/mol. The molecule has 5 rings (SSSR count). The zero-order chi connectivity index (χ0) is 31.8. The van der Waals surface area contributed by atoms with Crippen molar-refractivity contribution in [2.75, 3.05) is 10.8 Å². The average Bonchev–Trinajstić information content (AvgIpc) is 3.55. The molecule has 1 aliphatic carbocycles. The van der Waals surface area contributed by atoms with Crippen molar-refractivity contribution >= 4 is 39.1 Å². The van der Waals surface area contributed by atoms with Gasteiger partial charge in [-0.3, -0.25) is 13.9 Å². The summed E-state index contributed by atoms with van der Waals surface area (Å²) in [7, 11) is -4.14. The Labute approximate surface area is 270 Å². The number of benzene rings is 4. The Morgan fingerprint density at radius 2 is 1.49 bits per heavy atom. The number of rotatable bonds is 12. The minimum absolute atomic E-state index is 0.0427. The van der Waals surface area contributed by atoms with Gasteiger partial charge in [0.2, 0.25) is 11.8 Å². The van der Waals surface area contributed by atoms with E-state index in [0.29, 0.717) is 10.7 Å². The van der Waals surface area contributed by atoms with Gasteiger partial charge in [-0.15, -0.1) is 0 Å². The predicted octanol–water partition coefficient (Wildman–Crippen LogP) is 6.54. The van der Waals surface area contributed by atoms with Gasteiger partial charge in [-0.2, -0.15) is 0 Å². The number of nitrogens with zero attached hydrogens (tertiary/aromatic N) is 2. The molecule has 1 atom stereocenters. The quantitative estimate of drug-likeness (QED) is 0.190. The van der Waals surface area contributed by atoms with Crippen molar-refractivity contribution in [3.63, 3.8) is 0 Å². The Hall–Kier alpha value is -4.14. The number of carbonyl (C=O) groups excluding carboxylic acids is 2. The predicted molar refractivity (Wildman–Crippen MR) is 178 cm³/mol. The molecule has 0 aliphatic heterocycles. The first kappa shape index (κ1) is 32.3. The molecule has 1 unspecified atom stereocenters. The molecule has 7 nitrogen and oxygen atoms in total. The molecule has 0 heterocycles. The molecular formula is C36H38ClN3O4S. The minimum Gasteiger partial charge on any atom is -0.352 e. The van der Waals surface area contributed by atoms with Crippen molar-refractivity contribution in [2.24, 2.45) is 0 Å². The largest absolute Gasteiger partial charge is 0.352 e. The van der Waals surface area contributed by atoms with Crippen LogP contribution in [-0.2, 0) is 32.6 Å². The lowest BCUT2D eigenvalue weighted by Gasteiger charge is -2.34. The van der Waals surface area contributed by atoms with Gasteiger partial charge < -0.3 is 10.2 Å². The van der Waals surface area contributed by atoms with Crippen molar-refractivity contribution in [2.45, 2.75) is 62.6 Å². The molecular weight excluding hydrogens is 606 g/mol. The number of carbonyl (C=O) groups is 2. The second-order valence-electron chi connectivity index (χ2n) is 11.5. The number of halogens is 1. The molecule has 0 radical (unpaired) electrons. The first-order chi connectivity index (χ1) is 21.7. The van der Waals surface area contributed by atoms with Gasteiger partial charge in [0, 0.05) is 24.0 Å². The van der Waals surface area contributed by atoms with E-state index in [-0.39, 0.29) is 29.8 Å². The molecule has 0 bridgehead atoms. The SMILES string of the molecule is Cc1cccc(N(CC(=O)N(Cc2cccc(Cl)c2)C(Cc2ccccc2)C(=O)NC2CCCC2)S(=O)(=O)c2ccccc2)c1. The monoisotopic (exact) mass is 643 g/mol. The highest BCUT2D eigenvalue weighted by atomic mass is 35.5. The van der Waals surface area contributed by atoms with E-state index in [1.165, 1.54) is 17.0 Å². The summed E-state index contributed by atoms with van der Waals surface area (Å²) in [5, 5.41) is 3.69. The fourth-order valence-electron chi connectivity index (χ4n) is 5.79. The number of amides is 2. The van der Waals surface area contributed by atoms with Crippen LogP contribution >= 0.6 is 11.6 Å². The maximum atomic E-state index is 14.6. The summed E-state index contributed by atoms with van der Waals surface area (Å²) in [4.78, 5) is 30.2. The van der Waals surface area contributed by atoms with Crippen LogP contribution in [0.3, 0.4) is 0 Å². The van der Waals surface area contributed by atoms with Crippen molar-refractivity contribution in [3.05, 3.63) is 131 Å². The summed E-state index contributed by atoms with van der Waals surface area (Å²) in [5.74, 6) is -0.757. The van der Waals surface area contributed by atoms with Gasteiger partial charge in [-0.1, -0.05) is 97.2 Å². The Morgan fingerprint density at radius 1 is 0.844 bits per heavy atom. The van der Waals surface area contributed by atoms with E-state index in [9.17, 15) is 18.0 Å². The number of hydrogen-bond acceptors (Lipinski definition) is 4. The summed E-state index contributed by atoms with van der Waals surface area (Å²) in [6.07, 6.45) is 4.14. The molecule has 0 spiro atoms.